The zero-order valence-corrected chi connectivity index (χ0v) is 11.7. The van der Waals surface area contributed by atoms with E-state index in [1.807, 2.05) is 0 Å². The molecular weight excluding hydrogens is 220 g/mol. The van der Waals surface area contributed by atoms with Crippen LogP contribution in [0.4, 0.5) is 11.4 Å². The average molecular weight is 246 g/mol. The maximum atomic E-state index is 5.95. The van der Waals surface area contributed by atoms with E-state index in [9.17, 15) is 0 Å². The normalized spacial score (nSPS) is 23.9. The van der Waals surface area contributed by atoms with Crippen molar-refractivity contribution < 1.29 is 0 Å². The van der Waals surface area contributed by atoms with Crippen LogP contribution in [0.25, 0.3) is 0 Å². The van der Waals surface area contributed by atoms with E-state index in [1.165, 1.54) is 44.2 Å². The predicted octanol–water partition coefficient (Wildman–Crippen LogP) is 4.35. The molecule has 0 aromatic heterocycles. The zero-order valence-electron chi connectivity index (χ0n) is 11.7. The topological polar surface area (TPSA) is 38.0 Å². The van der Waals surface area contributed by atoms with Crippen LogP contribution < -0.4 is 11.1 Å². The average Bonchev–Trinajstić information content (AvgIpc) is 2.37. The molecule has 0 spiro atoms. The monoisotopic (exact) mass is 246 g/mol. The Kier molecular flexibility index (Phi) is 4.51. The molecule has 0 heterocycles. The lowest BCUT2D eigenvalue weighted by Crippen LogP contribution is -2.26. The molecule has 0 radical (unpaired) electrons. The molecule has 0 bridgehead atoms. The molecule has 0 atom stereocenters. The minimum absolute atomic E-state index is 0.639. The Balaban J connectivity index is 1.85. The van der Waals surface area contributed by atoms with Gasteiger partial charge in [0, 0.05) is 17.4 Å². The molecule has 0 saturated heterocycles. The fourth-order valence-electron chi connectivity index (χ4n) is 2.97. The van der Waals surface area contributed by atoms with Crippen LogP contribution in [0.3, 0.4) is 0 Å². The lowest BCUT2D eigenvalue weighted by molar-refractivity contribution is 0.319. The molecule has 0 unspecified atom stereocenters. The number of rotatable bonds is 4. The quantitative estimate of drug-likeness (QED) is 0.775. The van der Waals surface area contributed by atoms with Crippen molar-refractivity contribution >= 4 is 11.4 Å². The van der Waals surface area contributed by atoms with E-state index in [0.717, 1.165) is 17.2 Å². The lowest BCUT2D eigenvalue weighted by atomic mass is 9.83. The summed E-state index contributed by atoms with van der Waals surface area (Å²) >= 11 is 0. The number of hydrogen-bond donors (Lipinski definition) is 2. The molecule has 0 aliphatic heterocycles. The second-order valence-corrected chi connectivity index (χ2v) is 5.72. The van der Waals surface area contributed by atoms with E-state index >= 15 is 0 Å². The zero-order chi connectivity index (χ0) is 13.0. The number of nitrogens with one attached hydrogen (secondary N) is 1. The molecule has 2 heteroatoms. The van der Waals surface area contributed by atoms with Crippen molar-refractivity contribution in [3.63, 3.8) is 0 Å². The van der Waals surface area contributed by atoms with Gasteiger partial charge in [0.05, 0.1) is 0 Å². The highest BCUT2D eigenvalue weighted by atomic mass is 14.9. The van der Waals surface area contributed by atoms with Crippen LogP contribution in [0.2, 0.25) is 0 Å². The van der Waals surface area contributed by atoms with E-state index in [4.69, 9.17) is 5.73 Å². The number of hydrogen-bond acceptors (Lipinski definition) is 2. The summed E-state index contributed by atoms with van der Waals surface area (Å²) in [5, 5.41) is 3.63. The maximum Gasteiger partial charge on any atom is 0.0364 e. The van der Waals surface area contributed by atoms with E-state index in [-0.39, 0.29) is 0 Å². The van der Waals surface area contributed by atoms with Crippen molar-refractivity contribution in [1.29, 1.82) is 0 Å². The Morgan fingerprint density at radius 1 is 1.22 bits per heavy atom. The fourth-order valence-corrected chi connectivity index (χ4v) is 2.97. The lowest BCUT2D eigenvalue weighted by Gasteiger charge is -2.29. The van der Waals surface area contributed by atoms with Gasteiger partial charge in [-0.2, -0.15) is 0 Å². The van der Waals surface area contributed by atoms with Gasteiger partial charge in [0.25, 0.3) is 0 Å². The van der Waals surface area contributed by atoms with Crippen molar-refractivity contribution in [3.8, 4) is 0 Å². The van der Waals surface area contributed by atoms with Gasteiger partial charge in [-0.05, 0) is 56.2 Å². The van der Waals surface area contributed by atoms with Gasteiger partial charge in [0.1, 0.15) is 0 Å². The highest BCUT2D eigenvalue weighted by Gasteiger charge is 2.20. The molecule has 1 aromatic carbocycles. The molecule has 1 aromatic rings. The Bertz CT molecular complexity index is 379. The number of benzene rings is 1. The number of anilines is 2. The first-order valence-corrected chi connectivity index (χ1v) is 7.31. The summed E-state index contributed by atoms with van der Waals surface area (Å²) in [4.78, 5) is 0. The smallest absolute Gasteiger partial charge is 0.0364 e. The summed E-state index contributed by atoms with van der Waals surface area (Å²) in [6, 6.07) is 6.94. The first-order valence-electron chi connectivity index (χ1n) is 7.31. The third-order valence-corrected chi connectivity index (χ3v) is 4.19. The summed E-state index contributed by atoms with van der Waals surface area (Å²) < 4.78 is 0. The third-order valence-electron chi connectivity index (χ3n) is 4.19. The Morgan fingerprint density at radius 3 is 2.56 bits per heavy atom. The highest BCUT2D eigenvalue weighted by molar-refractivity contribution is 5.58. The van der Waals surface area contributed by atoms with Crippen LogP contribution in [0.1, 0.15) is 51.0 Å². The van der Waals surface area contributed by atoms with Crippen LogP contribution >= 0.6 is 0 Å². The Hall–Kier alpha value is -1.18. The van der Waals surface area contributed by atoms with E-state index in [2.05, 4.69) is 37.4 Å². The summed E-state index contributed by atoms with van der Waals surface area (Å²) in [6.07, 6.45) is 8.11. The van der Waals surface area contributed by atoms with Gasteiger partial charge in [0.2, 0.25) is 0 Å². The standard InChI is InChI=1S/C16H26N2/c1-3-4-13-6-9-14(10-7-13)18-15-8-5-12(2)16(17)11-15/h5,8,11,13-14,18H,3-4,6-7,9-10,17H2,1-2H3. The number of nitrogens with two attached hydrogens (primary N) is 1. The number of nitrogen functional groups attached to an aromatic ring is 1. The summed E-state index contributed by atoms with van der Waals surface area (Å²) in [5.41, 5.74) is 9.17. The van der Waals surface area contributed by atoms with Crippen LogP contribution in [-0.2, 0) is 0 Å². The van der Waals surface area contributed by atoms with Gasteiger partial charge in [-0.1, -0.05) is 25.8 Å². The van der Waals surface area contributed by atoms with E-state index < -0.39 is 0 Å². The minimum atomic E-state index is 0.639. The minimum Gasteiger partial charge on any atom is -0.398 e. The second-order valence-electron chi connectivity index (χ2n) is 5.72. The van der Waals surface area contributed by atoms with Crippen molar-refractivity contribution in [2.24, 2.45) is 5.92 Å². The van der Waals surface area contributed by atoms with Gasteiger partial charge in [0.15, 0.2) is 0 Å². The summed E-state index contributed by atoms with van der Waals surface area (Å²) in [7, 11) is 0. The molecule has 18 heavy (non-hydrogen) atoms. The molecule has 2 nitrogen and oxygen atoms in total. The van der Waals surface area contributed by atoms with Gasteiger partial charge < -0.3 is 11.1 Å². The first kappa shape index (κ1) is 13.3. The molecular formula is C16H26N2. The molecule has 0 amide bonds. The van der Waals surface area contributed by atoms with Gasteiger partial charge >= 0.3 is 0 Å². The predicted molar refractivity (Wildman–Crippen MR) is 79.9 cm³/mol. The maximum absolute atomic E-state index is 5.95. The highest BCUT2D eigenvalue weighted by Crippen LogP contribution is 2.30. The Labute approximate surface area is 111 Å². The van der Waals surface area contributed by atoms with Crippen molar-refractivity contribution in [2.45, 2.75) is 58.4 Å². The van der Waals surface area contributed by atoms with Crippen LogP contribution in [0.5, 0.6) is 0 Å². The molecule has 2 rings (SSSR count). The molecule has 1 saturated carbocycles. The molecule has 1 aliphatic carbocycles. The Morgan fingerprint density at radius 2 is 1.94 bits per heavy atom. The number of aryl methyl sites for hydroxylation is 1. The largest absolute Gasteiger partial charge is 0.398 e. The van der Waals surface area contributed by atoms with Crippen LogP contribution in [0, 0.1) is 12.8 Å². The fraction of sp³-hybridized carbons (Fsp3) is 0.625. The van der Waals surface area contributed by atoms with E-state index in [1.54, 1.807) is 0 Å². The third kappa shape index (κ3) is 3.41. The van der Waals surface area contributed by atoms with Crippen molar-refractivity contribution in [2.75, 3.05) is 11.1 Å². The van der Waals surface area contributed by atoms with Gasteiger partial charge in [-0.3, -0.25) is 0 Å². The molecule has 1 fully saturated rings. The van der Waals surface area contributed by atoms with E-state index in [0.29, 0.717) is 6.04 Å². The van der Waals surface area contributed by atoms with Crippen LogP contribution in [-0.4, -0.2) is 6.04 Å². The van der Waals surface area contributed by atoms with Crippen LogP contribution in [0.15, 0.2) is 18.2 Å². The molecule has 1 aliphatic rings. The van der Waals surface area contributed by atoms with Crippen molar-refractivity contribution in [3.05, 3.63) is 23.8 Å². The SMILES string of the molecule is CCCC1CCC(Nc2ccc(C)c(N)c2)CC1. The first-order chi connectivity index (χ1) is 8.69. The van der Waals surface area contributed by atoms with Gasteiger partial charge in [-0.25, -0.2) is 0 Å². The summed E-state index contributed by atoms with van der Waals surface area (Å²) in [5.74, 6) is 0.969. The molecule has 100 valence electrons. The van der Waals surface area contributed by atoms with Gasteiger partial charge in [-0.15, -0.1) is 0 Å². The second kappa shape index (κ2) is 6.12. The molecule has 3 N–H and O–H groups in total. The summed E-state index contributed by atoms with van der Waals surface area (Å²) in [6.45, 7) is 4.34. The van der Waals surface area contributed by atoms with Crippen molar-refractivity contribution in [1.82, 2.24) is 0 Å².